The smallest absolute Gasteiger partial charge is 0.244 e. The number of nitrogens with one attached hydrogen (secondary N) is 1. The van der Waals surface area contributed by atoms with Gasteiger partial charge in [0.25, 0.3) is 0 Å². The molecule has 0 aromatic carbocycles. The summed E-state index contributed by atoms with van der Waals surface area (Å²) in [6.45, 7) is 3.99. The maximum absolute atomic E-state index is 12.3. The van der Waals surface area contributed by atoms with E-state index in [0.29, 0.717) is 25.9 Å². The number of hydrogen-bond donors (Lipinski definition) is 1. The SMILES string of the molecule is C[C@H](NC(=O)C1CCN(S(C)(=O)=O)CC1)C(=O)N1CCCCC1. The highest BCUT2D eigenvalue weighted by atomic mass is 32.2. The molecule has 0 aromatic heterocycles. The molecule has 0 saturated carbocycles. The zero-order valence-corrected chi connectivity index (χ0v) is 14.8. The molecule has 2 heterocycles. The molecule has 2 saturated heterocycles. The minimum atomic E-state index is -3.19. The van der Waals surface area contributed by atoms with Crippen LogP contribution < -0.4 is 5.32 Å². The number of carbonyl (C=O) groups excluding carboxylic acids is 2. The molecule has 0 aromatic rings. The van der Waals surface area contributed by atoms with Gasteiger partial charge < -0.3 is 10.2 Å². The van der Waals surface area contributed by atoms with Crippen molar-refractivity contribution in [3.05, 3.63) is 0 Å². The van der Waals surface area contributed by atoms with Crippen molar-refractivity contribution in [1.82, 2.24) is 14.5 Å². The summed E-state index contributed by atoms with van der Waals surface area (Å²) >= 11 is 0. The highest BCUT2D eigenvalue weighted by Gasteiger charge is 2.31. The topological polar surface area (TPSA) is 86.8 Å². The van der Waals surface area contributed by atoms with E-state index in [1.165, 1.54) is 10.6 Å². The van der Waals surface area contributed by atoms with Gasteiger partial charge in [0.05, 0.1) is 6.26 Å². The summed E-state index contributed by atoms with van der Waals surface area (Å²) in [5.74, 6) is -0.382. The molecule has 2 amide bonds. The van der Waals surface area contributed by atoms with Crippen molar-refractivity contribution in [2.45, 2.75) is 45.1 Å². The molecule has 1 atom stereocenters. The molecule has 1 N–H and O–H groups in total. The van der Waals surface area contributed by atoms with Gasteiger partial charge >= 0.3 is 0 Å². The maximum Gasteiger partial charge on any atom is 0.244 e. The monoisotopic (exact) mass is 345 g/mol. The Morgan fingerprint density at radius 1 is 1.04 bits per heavy atom. The molecule has 0 bridgehead atoms. The Hall–Kier alpha value is -1.15. The standard InChI is InChI=1S/C15H27N3O4S/c1-12(15(20)17-8-4-3-5-9-17)16-14(19)13-6-10-18(11-7-13)23(2,21)22/h12-13H,3-11H2,1-2H3,(H,16,19)/t12-/m0/s1. The van der Waals surface area contributed by atoms with Crippen molar-refractivity contribution in [3.63, 3.8) is 0 Å². The summed E-state index contributed by atoms with van der Waals surface area (Å²) in [5.41, 5.74) is 0. The Morgan fingerprint density at radius 3 is 2.13 bits per heavy atom. The molecule has 2 fully saturated rings. The average Bonchev–Trinajstić information content (AvgIpc) is 2.54. The molecular formula is C15H27N3O4S. The van der Waals surface area contributed by atoms with Crippen molar-refractivity contribution in [3.8, 4) is 0 Å². The lowest BCUT2D eigenvalue weighted by molar-refractivity contribution is -0.138. The van der Waals surface area contributed by atoms with Crippen LogP contribution in [0.4, 0.5) is 0 Å². The van der Waals surface area contributed by atoms with Crippen LogP contribution in [-0.2, 0) is 19.6 Å². The molecular weight excluding hydrogens is 318 g/mol. The third-order valence-corrected chi connectivity index (χ3v) is 5.99. The first-order valence-electron chi connectivity index (χ1n) is 8.33. The van der Waals surface area contributed by atoms with E-state index >= 15 is 0 Å². The molecule has 0 spiro atoms. The lowest BCUT2D eigenvalue weighted by Crippen LogP contribution is -2.51. The molecule has 0 unspecified atom stereocenters. The molecule has 8 heteroatoms. The van der Waals surface area contributed by atoms with Gasteiger partial charge in [-0.15, -0.1) is 0 Å². The summed E-state index contributed by atoms with van der Waals surface area (Å²) in [6.07, 6.45) is 5.40. The Morgan fingerprint density at radius 2 is 1.61 bits per heavy atom. The number of hydrogen-bond acceptors (Lipinski definition) is 4. The number of carbonyl (C=O) groups is 2. The van der Waals surface area contributed by atoms with Gasteiger partial charge in [-0.25, -0.2) is 12.7 Å². The molecule has 0 aliphatic carbocycles. The van der Waals surface area contributed by atoms with Gasteiger partial charge in [0, 0.05) is 32.1 Å². The van der Waals surface area contributed by atoms with Crippen molar-refractivity contribution < 1.29 is 18.0 Å². The zero-order valence-electron chi connectivity index (χ0n) is 14.0. The van der Waals surface area contributed by atoms with Gasteiger partial charge in [-0.05, 0) is 39.0 Å². The molecule has 7 nitrogen and oxygen atoms in total. The first-order chi connectivity index (χ1) is 10.8. The van der Waals surface area contributed by atoms with E-state index in [1.54, 1.807) is 6.92 Å². The first kappa shape index (κ1) is 18.2. The lowest BCUT2D eigenvalue weighted by atomic mass is 9.97. The van der Waals surface area contributed by atoms with Crippen LogP contribution in [0.15, 0.2) is 0 Å². The Bertz CT molecular complexity index is 535. The largest absolute Gasteiger partial charge is 0.344 e. The zero-order chi connectivity index (χ0) is 17.0. The van der Waals surface area contributed by atoms with Crippen molar-refractivity contribution >= 4 is 21.8 Å². The molecule has 132 valence electrons. The fourth-order valence-electron chi connectivity index (χ4n) is 3.23. The quantitative estimate of drug-likeness (QED) is 0.787. The third-order valence-electron chi connectivity index (χ3n) is 4.69. The van der Waals surface area contributed by atoms with Gasteiger partial charge in [0.2, 0.25) is 21.8 Å². The predicted octanol–water partition coefficient (Wildman–Crippen LogP) is 0.175. The minimum absolute atomic E-state index is 0.0216. The molecule has 2 aliphatic rings. The normalized spacial score (nSPS) is 22.6. The molecule has 2 rings (SSSR count). The van der Waals surface area contributed by atoms with Crippen LogP contribution >= 0.6 is 0 Å². The fraction of sp³-hybridized carbons (Fsp3) is 0.867. The Kier molecular flexibility index (Phi) is 6.02. The summed E-state index contributed by atoms with van der Waals surface area (Å²) in [4.78, 5) is 26.4. The first-order valence-corrected chi connectivity index (χ1v) is 10.2. The van der Waals surface area contributed by atoms with Crippen LogP contribution in [0, 0.1) is 5.92 Å². The number of sulfonamides is 1. The maximum atomic E-state index is 12.3. The van der Waals surface area contributed by atoms with Crippen LogP contribution in [0.3, 0.4) is 0 Å². The summed E-state index contributed by atoms with van der Waals surface area (Å²) in [6, 6.07) is -0.520. The van der Waals surface area contributed by atoms with Gasteiger partial charge in [-0.1, -0.05) is 0 Å². The second-order valence-corrected chi connectivity index (χ2v) is 8.53. The van der Waals surface area contributed by atoms with E-state index < -0.39 is 16.1 Å². The van der Waals surface area contributed by atoms with E-state index in [1.807, 2.05) is 4.90 Å². The summed E-state index contributed by atoms with van der Waals surface area (Å²) in [7, 11) is -3.19. The van der Waals surface area contributed by atoms with Crippen LogP contribution in [-0.4, -0.2) is 67.9 Å². The number of piperidine rings is 2. The number of amides is 2. The number of nitrogens with zero attached hydrogens (tertiary/aromatic N) is 2. The van der Waals surface area contributed by atoms with Gasteiger partial charge in [-0.2, -0.15) is 0 Å². The average molecular weight is 345 g/mol. The van der Waals surface area contributed by atoms with Crippen molar-refractivity contribution in [1.29, 1.82) is 0 Å². The van der Waals surface area contributed by atoms with Crippen LogP contribution in [0.25, 0.3) is 0 Å². The van der Waals surface area contributed by atoms with Gasteiger partial charge in [-0.3, -0.25) is 9.59 Å². The second-order valence-electron chi connectivity index (χ2n) is 6.55. The summed E-state index contributed by atoms with van der Waals surface area (Å²) < 4.78 is 24.4. The minimum Gasteiger partial charge on any atom is -0.344 e. The third kappa shape index (κ3) is 4.91. The van der Waals surface area contributed by atoms with E-state index in [-0.39, 0.29) is 17.7 Å². The summed E-state index contributed by atoms with van der Waals surface area (Å²) in [5, 5.41) is 2.80. The van der Waals surface area contributed by atoms with Crippen molar-refractivity contribution in [2.75, 3.05) is 32.4 Å². The molecule has 2 aliphatic heterocycles. The lowest BCUT2D eigenvalue weighted by Gasteiger charge is -2.32. The van der Waals surface area contributed by atoms with Crippen LogP contribution in [0.2, 0.25) is 0 Å². The molecule has 0 radical (unpaired) electrons. The highest BCUT2D eigenvalue weighted by Crippen LogP contribution is 2.19. The number of likely N-dealkylation sites (tertiary alicyclic amines) is 1. The van der Waals surface area contributed by atoms with Crippen LogP contribution in [0.5, 0.6) is 0 Å². The van der Waals surface area contributed by atoms with Gasteiger partial charge in [0.1, 0.15) is 6.04 Å². The van der Waals surface area contributed by atoms with Crippen molar-refractivity contribution in [2.24, 2.45) is 5.92 Å². The van der Waals surface area contributed by atoms with E-state index in [0.717, 1.165) is 32.4 Å². The number of rotatable bonds is 4. The predicted molar refractivity (Wildman–Crippen MR) is 87.2 cm³/mol. The van der Waals surface area contributed by atoms with E-state index in [9.17, 15) is 18.0 Å². The van der Waals surface area contributed by atoms with Crippen LogP contribution in [0.1, 0.15) is 39.0 Å². The Labute approximate surface area is 138 Å². The molecule has 23 heavy (non-hydrogen) atoms. The Balaban J connectivity index is 1.81. The second kappa shape index (κ2) is 7.61. The van der Waals surface area contributed by atoms with E-state index in [4.69, 9.17) is 0 Å². The highest BCUT2D eigenvalue weighted by molar-refractivity contribution is 7.88. The van der Waals surface area contributed by atoms with E-state index in [2.05, 4.69) is 5.32 Å². The fourth-order valence-corrected chi connectivity index (χ4v) is 4.10. The van der Waals surface area contributed by atoms with Gasteiger partial charge in [0.15, 0.2) is 0 Å².